The molecule has 0 saturated heterocycles. The zero-order chi connectivity index (χ0) is 9.97. The van der Waals surface area contributed by atoms with E-state index in [0.717, 1.165) is 17.9 Å². The highest BCUT2D eigenvalue weighted by atomic mass is 16.5. The lowest BCUT2D eigenvalue weighted by Gasteiger charge is -2.25. The molecule has 2 rings (SSSR count). The van der Waals surface area contributed by atoms with Crippen LogP contribution in [-0.4, -0.2) is 20.3 Å². The fraction of sp³-hybridized carbons (Fsp3) is 0.455. The number of ether oxygens (including phenoxy) is 2. The first kappa shape index (κ1) is 9.34. The molecule has 1 aliphatic rings. The summed E-state index contributed by atoms with van der Waals surface area (Å²) in [6, 6.07) is 5.97. The first-order valence-electron chi connectivity index (χ1n) is 4.84. The second-order valence-corrected chi connectivity index (χ2v) is 3.57. The number of fused-ring (bicyclic) bond motifs is 1. The zero-order valence-electron chi connectivity index (χ0n) is 8.32. The summed E-state index contributed by atoms with van der Waals surface area (Å²) in [5.74, 6) is 2.15. The first-order valence-corrected chi connectivity index (χ1v) is 4.84. The number of benzene rings is 1. The Kier molecular flexibility index (Phi) is 2.59. The highest BCUT2D eigenvalue weighted by Crippen LogP contribution is 2.35. The number of hydrogen-bond acceptors (Lipinski definition) is 3. The van der Waals surface area contributed by atoms with Gasteiger partial charge in [-0.05, 0) is 24.6 Å². The molecule has 3 nitrogen and oxygen atoms in total. The average Bonchev–Trinajstić information content (AvgIpc) is 2.27. The number of para-hydroxylation sites is 1. The van der Waals surface area contributed by atoms with Crippen molar-refractivity contribution in [3.63, 3.8) is 0 Å². The number of hydrogen-bond donors (Lipinski definition) is 1. The van der Waals surface area contributed by atoms with E-state index in [4.69, 9.17) is 15.2 Å². The smallest absolute Gasteiger partial charge is 0.164 e. The Hall–Kier alpha value is -1.22. The molecule has 3 heteroatoms. The van der Waals surface area contributed by atoms with Crippen LogP contribution in [0.5, 0.6) is 11.5 Å². The molecule has 0 aromatic heterocycles. The van der Waals surface area contributed by atoms with Gasteiger partial charge in [-0.2, -0.15) is 0 Å². The summed E-state index contributed by atoms with van der Waals surface area (Å²) in [6.45, 7) is 1.38. The molecule has 2 N–H and O–H groups in total. The zero-order valence-corrected chi connectivity index (χ0v) is 8.32. The standard InChI is InChI=1S/C11H15NO2/c1-13-10-4-2-3-9-5-8(6-12)7-14-11(9)10/h2-4,8H,5-7,12H2,1H3. The van der Waals surface area contributed by atoms with Crippen LogP contribution in [0.25, 0.3) is 0 Å². The SMILES string of the molecule is COc1cccc2c1OCC(CN)C2. The van der Waals surface area contributed by atoms with Gasteiger partial charge in [0.15, 0.2) is 11.5 Å². The second-order valence-electron chi connectivity index (χ2n) is 3.57. The Balaban J connectivity index is 2.30. The molecule has 0 spiro atoms. The predicted octanol–water partition coefficient (Wildman–Crippen LogP) is 1.21. The van der Waals surface area contributed by atoms with Crippen molar-refractivity contribution in [2.24, 2.45) is 11.7 Å². The van der Waals surface area contributed by atoms with Gasteiger partial charge >= 0.3 is 0 Å². The molecule has 1 aromatic rings. The summed E-state index contributed by atoms with van der Waals surface area (Å²) in [4.78, 5) is 0. The van der Waals surface area contributed by atoms with Gasteiger partial charge in [0.25, 0.3) is 0 Å². The molecule has 0 bridgehead atoms. The van der Waals surface area contributed by atoms with Gasteiger partial charge in [-0.15, -0.1) is 0 Å². The molecule has 1 aromatic carbocycles. The van der Waals surface area contributed by atoms with E-state index in [1.165, 1.54) is 5.56 Å². The van der Waals surface area contributed by atoms with E-state index in [0.29, 0.717) is 19.1 Å². The van der Waals surface area contributed by atoms with Gasteiger partial charge in [-0.25, -0.2) is 0 Å². The molecule has 0 saturated carbocycles. The number of nitrogens with two attached hydrogens (primary N) is 1. The van der Waals surface area contributed by atoms with Crippen LogP contribution in [0, 0.1) is 5.92 Å². The van der Waals surface area contributed by atoms with Crippen LogP contribution in [-0.2, 0) is 6.42 Å². The molecule has 1 atom stereocenters. The van der Waals surface area contributed by atoms with Crippen molar-refractivity contribution < 1.29 is 9.47 Å². The van der Waals surface area contributed by atoms with E-state index in [1.54, 1.807) is 7.11 Å². The molecule has 0 aliphatic carbocycles. The maximum Gasteiger partial charge on any atom is 0.164 e. The van der Waals surface area contributed by atoms with Gasteiger partial charge in [-0.1, -0.05) is 12.1 Å². The first-order chi connectivity index (χ1) is 6.85. The molecule has 1 unspecified atom stereocenters. The normalized spacial score (nSPS) is 19.7. The maximum atomic E-state index is 5.64. The summed E-state index contributed by atoms with van der Waals surface area (Å²) in [5.41, 5.74) is 6.82. The van der Waals surface area contributed by atoms with Crippen molar-refractivity contribution in [3.8, 4) is 11.5 Å². The van der Waals surface area contributed by atoms with Crippen LogP contribution in [0.3, 0.4) is 0 Å². The third-order valence-corrected chi connectivity index (χ3v) is 2.59. The third-order valence-electron chi connectivity index (χ3n) is 2.59. The largest absolute Gasteiger partial charge is 0.493 e. The fourth-order valence-electron chi connectivity index (χ4n) is 1.77. The molecular weight excluding hydrogens is 178 g/mol. The molecular formula is C11H15NO2. The Morgan fingerprint density at radius 2 is 2.43 bits per heavy atom. The number of rotatable bonds is 2. The summed E-state index contributed by atoms with van der Waals surface area (Å²) < 4.78 is 10.9. The van der Waals surface area contributed by atoms with Crippen molar-refractivity contribution in [2.75, 3.05) is 20.3 Å². The topological polar surface area (TPSA) is 44.5 Å². The Morgan fingerprint density at radius 1 is 1.57 bits per heavy atom. The average molecular weight is 193 g/mol. The van der Waals surface area contributed by atoms with Crippen LogP contribution in [0.15, 0.2) is 18.2 Å². The molecule has 14 heavy (non-hydrogen) atoms. The molecule has 0 amide bonds. The molecule has 0 radical (unpaired) electrons. The Bertz CT molecular complexity index is 325. The van der Waals surface area contributed by atoms with Gasteiger partial charge < -0.3 is 15.2 Å². The van der Waals surface area contributed by atoms with E-state index >= 15 is 0 Å². The van der Waals surface area contributed by atoms with E-state index in [9.17, 15) is 0 Å². The highest BCUT2D eigenvalue weighted by Gasteiger charge is 2.21. The van der Waals surface area contributed by atoms with Crippen LogP contribution in [0.2, 0.25) is 0 Å². The van der Waals surface area contributed by atoms with Crippen LogP contribution >= 0.6 is 0 Å². The minimum absolute atomic E-state index is 0.439. The molecule has 1 aliphatic heterocycles. The van der Waals surface area contributed by atoms with Crippen molar-refractivity contribution in [1.82, 2.24) is 0 Å². The Labute approximate surface area is 83.8 Å². The predicted molar refractivity (Wildman–Crippen MR) is 54.7 cm³/mol. The van der Waals surface area contributed by atoms with E-state index in [-0.39, 0.29) is 0 Å². The van der Waals surface area contributed by atoms with Gasteiger partial charge in [0.2, 0.25) is 0 Å². The monoisotopic (exact) mass is 193 g/mol. The van der Waals surface area contributed by atoms with Crippen molar-refractivity contribution >= 4 is 0 Å². The minimum Gasteiger partial charge on any atom is -0.493 e. The van der Waals surface area contributed by atoms with Crippen LogP contribution in [0.4, 0.5) is 0 Å². The third kappa shape index (κ3) is 1.55. The lowest BCUT2D eigenvalue weighted by atomic mass is 9.97. The van der Waals surface area contributed by atoms with Crippen LogP contribution < -0.4 is 15.2 Å². The van der Waals surface area contributed by atoms with Crippen molar-refractivity contribution in [3.05, 3.63) is 23.8 Å². The summed E-state index contributed by atoms with van der Waals surface area (Å²) in [7, 11) is 1.66. The highest BCUT2D eigenvalue weighted by molar-refractivity contribution is 5.47. The van der Waals surface area contributed by atoms with Gasteiger partial charge in [0.05, 0.1) is 13.7 Å². The van der Waals surface area contributed by atoms with Crippen molar-refractivity contribution in [1.29, 1.82) is 0 Å². The van der Waals surface area contributed by atoms with Gasteiger partial charge in [0.1, 0.15) is 0 Å². The van der Waals surface area contributed by atoms with Gasteiger partial charge in [-0.3, -0.25) is 0 Å². The second kappa shape index (κ2) is 3.88. The minimum atomic E-state index is 0.439. The van der Waals surface area contributed by atoms with Crippen molar-refractivity contribution in [2.45, 2.75) is 6.42 Å². The van der Waals surface area contributed by atoms with E-state index in [2.05, 4.69) is 6.07 Å². The number of methoxy groups -OCH3 is 1. The quantitative estimate of drug-likeness (QED) is 0.767. The summed E-state index contributed by atoms with van der Waals surface area (Å²) >= 11 is 0. The maximum absolute atomic E-state index is 5.64. The van der Waals surface area contributed by atoms with E-state index < -0.39 is 0 Å². The molecule has 76 valence electrons. The molecule has 0 fully saturated rings. The molecule has 1 heterocycles. The lowest BCUT2D eigenvalue weighted by molar-refractivity contribution is 0.216. The summed E-state index contributed by atoms with van der Waals surface area (Å²) in [5, 5.41) is 0. The Morgan fingerprint density at radius 3 is 3.14 bits per heavy atom. The fourth-order valence-corrected chi connectivity index (χ4v) is 1.77. The van der Waals surface area contributed by atoms with Gasteiger partial charge in [0, 0.05) is 5.92 Å². The van der Waals surface area contributed by atoms with Crippen LogP contribution in [0.1, 0.15) is 5.56 Å². The lowest BCUT2D eigenvalue weighted by Crippen LogP contribution is -2.27. The van der Waals surface area contributed by atoms with E-state index in [1.807, 2.05) is 12.1 Å². The summed E-state index contributed by atoms with van der Waals surface area (Å²) in [6.07, 6.45) is 0.989.